The highest BCUT2D eigenvalue weighted by molar-refractivity contribution is 9.10. The van der Waals surface area contributed by atoms with Gasteiger partial charge in [0.15, 0.2) is 5.58 Å². The zero-order valence-electron chi connectivity index (χ0n) is 14.0. The monoisotopic (exact) mass is 406 g/mol. The summed E-state index contributed by atoms with van der Waals surface area (Å²) in [5.41, 5.74) is 5.08. The number of oxazole rings is 1. The second-order valence-corrected chi connectivity index (χ2v) is 6.86. The second-order valence-electron chi connectivity index (χ2n) is 5.95. The summed E-state index contributed by atoms with van der Waals surface area (Å²) in [5, 5.41) is 9.86. The summed E-state index contributed by atoms with van der Waals surface area (Å²) < 4.78 is 6.73. The predicted molar refractivity (Wildman–Crippen MR) is 107 cm³/mol. The number of phenols is 1. The summed E-state index contributed by atoms with van der Waals surface area (Å²) in [6.45, 7) is 2.02. The van der Waals surface area contributed by atoms with Crippen LogP contribution in [0.5, 0.6) is 5.75 Å². The maximum Gasteiger partial charge on any atom is 0.227 e. The largest absolute Gasteiger partial charge is 0.507 e. The van der Waals surface area contributed by atoms with E-state index in [1.807, 2.05) is 55.5 Å². The number of aliphatic imine (C=N–C) groups is 1. The number of para-hydroxylation sites is 1. The summed E-state index contributed by atoms with van der Waals surface area (Å²) >= 11 is 3.39. The molecule has 0 fully saturated rings. The number of benzene rings is 3. The van der Waals surface area contributed by atoms with Crippen LogP contribution in [0.2, 0.25) is 0 Å². The van der Waals surface area contributed by atoms with E-state index in [1.54, 1.807) is 18.3 Å². The number of halogens is 1. The van der Waals surface area contributed by atoms with Gasteiger partial charge in [-0.1, -0.05) is 28.1 Å². The molecular formula is C21H15BrN2O2. The van der Waals surface area contributed by atoms with Crippen LogP contribution in [0.15, 0.2) is 74.5 Å². The summed E-state index contributed by atoms with van der Waals surface area (Å²) in [5.74, 6) is 0.782. The van der Waals surface area contributed by atoms with Crippen molar-refractivity contribution in [1.82, 2.24) is 4.98 Å². The van der Waals surface area contributed by atoms with E-state index in [2.05, 4.69) is 25.9 Å². The second kappa shape index (κ2) is 6.77. The molecular weight excluding hydrogens is 392 g/mol. The molecule has 0 bridgehead atoms. The first kappa shape index (κ1) is 16.5. The lowest BCUT2D eigenvalue weighted by molar-refractivity contribution is 0.474. The number of aromatic nitrogens is 1. The van der Waals surface area contributed by atoms with Crippen molar-refractivity contribution < 1.29 is 9.52 Å². The molecule has 0 amide bonds. The van der Waals surface area contributed by atoms with Crippen LogP contribution in [0.3, 0.4) is 0 Å². The van der Waals surface area contributed by atoms with E-state index in [1.165, 1.54) is 0 Å². The molecule has 4 rings (SSSR count). The van der Waals surface area contributed by atoms with E-state index in [4.69, 9.17) is 4.42 Å². The molecule has 4 nitrogen and oxygen atoms in total. The molecule has 0 saturated heterocycles. The van der Waals surface area contributed by atoms with Crippen molar-refractivity contribution in [2.45, 2.75) is 6.92 Å². The minimum atomic E-state index is 0.190. The normalized spacial score (nSPS) is 11.5. The van der Waals surface area contributed by atoms with Crippen molar-refractivity contribution >= 4 is 38.9 Å². The van der Waals surface area contributed by atoms with Gasteiger partial charge in [0.1, 0.15) is 11.3 Å². The first-order valence-electron chi connectivity index (χ1n) is 8.09. The minimum absolute atomic E-state index is 0.190. The van der Waals surface area contributed by atoms with E-state index < -0.39 is 0 Å². The Morgan fingerprint density at radius 2 is 1.88 bits per heavy atom. The Hall–Kier alpha value is -2.92. The van der Waals surface area contributed by atoms with Crippen molar-refractivity contribution in [2.75, 3.05) is 0 Å². The van der Waals surface area contributed by atoms with Gasteiger partial charge in [0, 0.05) is 21.8 Å². The molecule has 0 atom stereocenters. The van der Waals surface area contributed by atoms with E-state index in [0.29, 0.717) is 11.5 Å². The zero-order chi connectivity index (χ0) is 18.1. The zero-order valence-corrected chi connectivity index (χ0v) is 15.6. The van der Waals surface area contributed by atoms with Crippen LogP contribution >= 0.6 is 15.9 Å². The van der Waals surface area contributed by atoms with Gasteiger partial charge in [0.25, 0.3) is 0 Å². The molecule has 0 spiro atoms. The highest BCUT2D eigenvalue weighted by Crippen LogP contribution is 2.27. The maximum atomic E-state index is 9.86. The molecule has 0 unspecified atom stereocenters. The minimum Gasteiger partial charge on any atom is -0.507 e. The Balaban J connectivity index is 1.61. The van der Waals surface area contributed by atoms with Crippen molar-refractivity contribution in [2.24, 2.45) is 4.99 Å². The molecule has 5 heteroatoms. The molecule has 128 valence electrons. The van der Waals surface area contributed by atoms with Crippen molar-refractivity contribution in [3.8, 4) is 17.2 Å². The number of fused-ring (bicyclic) bond motifs is 1. The molecule has 1 N–H and O–H groups in total. The number of aromatic hydroxyl groups is 1. The molecule has 26 heavy (non-hydrogen) atoms. The topological polar surface area (TPSA) is 58.6 Å². The lowest BCUT2D eigenvalue weighted by Gasteiger charge is -2.00. The highest BCUT2D eigenvalue weighted by atomic mass is 79.9. The fourth-order valence-electron chi connectivity index (χ4n) is 2.67. The molecule has 3 aromatic carbocycles. The maximum absolute atomic E-state index is 9.86. The standard InChI is InChI=1S/C21H15BrN2O2/c1-13-3-2-4-19-20(13)24-21(26-19)14-5-8-17(9-6-14)23-12-15-11-16(22)7-10-18(15)25/h2-12,25H,1H3. The molecule has 4 aromatic rings. The number of hydrogen-bond donors (Lipinski definition) is 1. The van der Waals surface area contributed by atoms with Crippen LogP contribution < -0.4 is 0 Å². The average molecular weight is 407 g/mol. The SMILES string of the molecule is Cc1cccc2oc(-c3ccc(N=Cc4cc(Br)ccc4O)cc3)nc12. The summed E-state index contributed by atoms with van der Waals surface area (Å²) in [6.07, 6.45) is 1.64. The van der Waals surface area contributed by atoms with Gasteiger partial charge in [-0.05, 0) is 61.0 Å². The fraction of sp³-hybridized carbons (Fsp3) is 0.0476. The molecule has 0 saturated carbocycles. The lowest BCUT2D eigenvalue weighted by Crippen LogP contribution is -1.82. The smallest absolute Gasteiger partial charge is 0.227 e. The molecule has 0 radical (unpaired) electrons. The number of rotatable bonds is 3. The van der Waals surface area contributed by atoms with Crippen molar-refractivity contribution in [3.05, 3.63) is 76.3 Å². The Morgan fingerprint density at radius 3 is 2.65 bits per heavy atom. The van der Waals surface area contributed by atoms with E-state index in [9.17, 15) is 5.11 Å². The van der Waals surface area contributed by atoms with Gasteiger partial charge in [-0.2, -0.15) is 0 Å². The van der Waals surface area contributed by atoms with Crippen LogP contribution in [-0.2, 0) is 0 Å². The Kier molecular flexibility index (Phi) is 4.31. The van der Waals surface area contributed by atoms with Crippen LogP contribution in [0.4, 0.5) is 5.69 Å². The first-order valence-corrected chi connectivity index (χ1v) is 8.88. The van der Waals surface area contributed by atoms with Gasteiger partial charge in [-0.25, -0.2) is 4.98 Å². The van der Waals surface area contributed by atoms with Gasteiger partial charge >= 0.3 is 0 Å². The van der Waals surface area contributed by atoms with Gasteiger partial charge in [-0.15, -0.1) is 0 Å². The molecule has 0 aliphatic heterocycles. The fourth-order valence-corrected chi connectivity index (χ4v) is 3.05. The van der Waals surface area contributed by atoms with Gasteiger partial charge < -0.3 is 9.52 Å². The highest BCUT2D eigenvalue weighted by Gasteiger charge is 2.09. The average Bonchev–Trinajstić information content (AvgIpc) is 3.09. The molecule has 0 aliphatic rings. The van der Waals surface area contributed by atoms with E-state index in [-0.39, 0.29) is 5.75 Å². The third kappa shape index (κ3) is 3.26. The van der Waals surface area contributed by atoms with Gasteiger partial charge in [0.05, 0.1) is 5.69 Å². The van der Waals surface area contributed by atoms with Gasteiger partial charge in [0.2, 0.25) is 5.89 Å². The van der Waals surface area contributed by atoms with Crippen LogP contribution in [0.1, 0.15) is 11.1 Å². The van der Waals surface area contributed by atoms with E-state index >= 15 is 0 Å². The lowest BCUT2D eigenvalue weighted by atomic mass is 10.2. The van der Waals surface area contributed by atoms with Crippen molar-refractivity contribution in [1.29, 1.82) is 0 Å². The summed E-state index contributed by atoms with van der Waals surface area (Å²) in [7, 11) is 0. The van der Waals surface area contributed by atoms with Crippen LogP contribution in [-0.4, -0.2) is 16.3 Å². The predicted octanol–water partition coefficient (Wildman–Crippen LogP) is 6.02. The Bertz CT molecular complexity index is 1110. The number of nitrogens with zero attached hydrogens (tertiary/aromatic N) is 2. The molecule has 1 heterocycles. The Morgan fingerprint density at radius 1 is 1.08 bits per heavy atom. The van der Waals surface area contributed by atoms with Crippen molar-refractivity contribution in [3.63, 3.8) is 0 Å². The van der Waals surface area contributed by atoms with Gasteiger partial charge in [-0.3, -0.25) is 4.99 Å². The first-order chi connectivity index (χ1) is 12.6. The molecule has 0 aliphatic carbocycles. The van der Waals surface area contributed by atoms with Crippen LogP contribution in [0, 0.1) is 6.92 Å². The summed E-state index contributed by atoms with van der Waals surface area (Å²) in [4.78, 5) is 9.00. The van der Waals surface area contributed by atoms with Crippen LogP contribution in [0.25, 0.3) is 22.6 Å². The third-order valence-corrected chi connectivity index (χ3v) is 4.57. The third-order valence-electron chi connectivity index (χ3n) is 4.08. The summed E-state index contributed by atoms with van der Waals surface area (Å²) in [6, 6.07) is 18.8. The Labute approximate surface area is 159 Å². The number of hydrogen-bond acceptors (Lipinski definition) is 4. The number of aryl methyl sites for hydroxylation is 1. The number of phenolic OH excluding ortho intramolecular Hbond substituents is 1. The quantitative estimate of drug-likeness (QED) is 0.423. The van der Waals surface area contributed by atoms with E-state index in [0.717, 1.165) is 32.4 Å². The molecule has 1 aromatic heterocycles.